The van der Waals surface area contributed by atoms with Crippen molar-refractivity contribution in [3.63, 3.8) is 0 Å². The van der Waals surface area contributed by atoms with E-state index in [-0.39, 0.29) is 11.8 Å². The van der Waals surface area contributed by atoms with Crippen molar-refractivity contribution in [1.82, 2.24) is 15.1 Å². The molecule has 6 heteroatoms. The summed E-state index contributed by atoms with van der Waals surface area (Å²) in [6, 6.07) is 21.1. The van der Waals surface area contributed by atoms with E-state index in [1.807, 2.05) is 18.2 Å². The molecule has 1 saturated carbocycles. The number of benzene rings is 3. The molecule has 192 valence electrons. The minimum Gasteiger partial charge on any atom is -0.497 e. The second-order valence-electron chi connectivity index (χ2n) is 10.9. The van der Waals surface area contributed by atoms with Gasteiger partial charge in [-0.25, -0.2) is 0 Å². The van der Waals surface area contributed by atoms with E-state index in [1.54, 1.807) is 7.11 Å². The van der Waals surface area contributed by atoms with E-state index < -0.39 is 5.41 Å². The van der Waals surface area contributed by atoms with Crippen molar-refractivity contribution in [3.05, 3.63) is 88.6 Å². The number of fused-ring (bicyclic) bond motifs is 3. The predicted molar refractivity (Wildman–Crippen MR) is 151 cm³/mol. The van der Waals surface area contributed by atoms with E-state index in [9.17, 15) is 4.79 Å². The molecule has 4 aromatic rings. The molecule has 2 aliphatic heterocycles. The van der Waals surface area contributed by atoms with Crippen LogP contribution >= 0.6 is 0 Å². The van der Waals surface area contributed by atoms with Crippen LogP contribution in [0.15, 0.2) is 60.7 Å². The molecule has 7 rings (SSSR count). The average Bonchev–Trinajstić information content (AvgIpc) is 3.50. The van der Waals surface area contributed by atoms with Crippen LogP contribution < -0.4 is 10.1 Å². The van der Waals surface area contributed by atoms with Gasteiger partial charge in [0.15, 0.2) is 0 Å². The Hall–Kier alpha value is -3.90. The van der Waals surface area contributed by atoms with Gasteiger partial charge in [0.2, 0.25) is 5.91 Å². The first kappa shape index (κ1) is 23.2. The third-order valence-corrected chi connectivity index (χ3v) is 8.61. The van der Waals surface area contributed by atoms with Gasteiger partial charge in [-0.1, -0.05) is 48.9 Å². The summed E-state index contributed by atoms with van der Waals surface area (Å²) < 4.78 is 5.43. The van der Waals surface area contributed by atoms with Crippen molar-refractivity contribution in [3.8, 4) is 5.75 Å². The lowest BCUT2D eigenvalue weighted by molar-refractivity contribution is -0.118. The topological polar surface area (TPSA) is 70.2 Å². The highest BCUT2D eigenvalue weighted by Gasteiger charge is 2.65. The van der Waals surface area contributed by atoms with Crippen molar-refractivity contribution >= 4 is 34.6 Å². The average molecular weight is 505 g/mol. The van der Waals surface area contributed by atoms with Crippen LogP contribution in [-0.2, 0) is 16.8 Å². The first-order valence-corrected chi connectivity index (χ1v) is 13.6. The van der Waals surface area contributed by atoms with Crippen LogP contribution in [0.1, 0.15) is 59.5 Å². The van der Waals surface area contributed by atoms with Gasteiger partial charge >= 0.3 is 0 Å². The number of methoxy groups -OCH3 is 1. The largest absolute Gasteiger partial charge is 0.497 e. The molecule has 2 N–H and O–H groups in total. The molecule has 2 fully saturated rings. The van der Waals surface area contributed by atoms with E-state index >= 15 is 0 Å². The first-order valence-electron chi connectivity index (χ1n) is 13.6. The fraction of sp³-hybridized carbons (Fsp3) is 0.312. The zero-order chi connectivity index (χ0) is 25.7. The lowest BCUT2D eigenvalue weighted by Gasteiger charge is -2.26. The molecule has 0 radical (unpaired) electrons. The van der Waals surface area contributed by atoms with Crippen LogP contribution in [-0.4, -0.2) is 41.2 Å². The van der Waals surface area contributed by atoms with Crippen LogP contribution in [0.3, 0.4) is 0 Å². The number of nitrogens with zero attached hydrogens (tertiary/aromatic N) is 2. The second kappa shape index (κ2) is 9.14. The van der Waals surface area contributed by atoms with E-state index in [0.29, 0.717) is 0 Å². The number of piperidine rings is 1. The number of amides is 1. The highest BCUT2D eigenvalue weighted by molar-refractivity contribution is 6.10. The molecule has 6 nitrogen and oxygen atoms in total. The fourth-order valence-corrected chi connectivity index (χ4v) is 6.39. The van der Waals surface area contributed by atoms with Crippen molar-refractivity contribution in [2.45, 2.75) is 43.6 Å². The molecule has 3 aliphatic rings. The van der Waals surface area contributed by atoms with Gasteiger partial charge in [-0.15, -0.1) is 0 Å². The smallest absolute Gasteiger partial charge is 0.235 e. The number of hydrogen-bond donors (Lipinski definition) is 2. The van der Waals surface area contributed by atoms with Gasteiger partial charge < -0.3 is 10.1 Å². The number of aromatic amines is 1. The maximum atomic E-state index is 13.0. The van der Waals surface area contributed by atoms with Crippen molar-refractivity contribution in [2.75, 3.05) is 25.5 Å². The maximum absolute atomic E-state index is 13.0. The Morgan fingerprint density at radius 1 is 1.03 bits per heavy atom. The summed E-state index contributed by atoms with van der Waals surface area (Å²) in [6.45, 7) is 3.47. The number of ether oxygens (including phenoxy) is 1. The SMILES string of the molecule is COc1ccc2c(c1)C1(CC1c1ccc3c(/C=C/c4ccc(CN5CCCCC5)cc4)n[nH]c3c1)C(=O)N2. The lowest BCUT2D eigenvalue weighted by atomic mass is 9.91. The number of anilines is 1. The van der Waals surface area contributed by atoms with Gasteiger partial charge in [0.1, 0.15) is 5.75 Å². The molecule has 1 aliphatic carbocycles. The number of H-pyrrole nitrogens is 1. The van der Waals surface area contributed by atoms with Gasteiger partial charge in [-0.05, 0) is 84.9 Å². The van der Waals surface area contributed by atoms with E-state index in [1.165, 1.54) is 43.5 Å². The van der Waals surface area contributed by atoms with E-state index in [4.69, 9.17) is 4.74 Å². The number of carbonyl (C=O) groups excluding carboxylic acids is 1. The molecule has 2 atom stereocenters. The summed E-state index contributed by atoms with van der Waals surface area (Å²) in [5, 5.41) is 11.9. The van der Waals surface area contributed by atoms with Gasteiger partial charge in [0.25, 0.3) is 0 Å². The third kappa shape index (κ3) is 3.91. The highest BCUT2D eigenvalue weighted by atomic mass is 16.5. The number of hydrogen-bond acceptors (Lipinski definition) is 4. The summed E-state index contributed by atoms with van der Waals surface area (Å²) in [7, 11) is 1.66. The van der Waals surface area contributed by atoms with Crippen LogP contribution in [0.25, 0.3) is 23.1 Å². The number of nitrogens with one attached hydrogen (secondary N) is 2. The number of likely N-dealkylation sites (tertiary alicyclic amines) is 1. The summed E-state index contributed by atoms with van der Waals surface area (Å²) in [6.07, 6.45) is 9.01. The van der Waals surface area contributed by atoms with Crippen LogP contribution in [0.5, 0.6) is 5.75 Å². The Bertz CT molecular complexity index is 1550. The lowest BCUT2D eigenvalue weighted by Crippen LogP contribution is -2.28. The Balaban J connectivity index is 1.08. The summed E-state index contributed by atoms with van der Waals surface area (Å²) >= 11 is 0. The normalized spacial score (nSPS) is 22.8. The summed E-state index contributed by atoms with van der Waals surface area (Å²) in [4.78, 5) is 15.6. The Morgan fingerprint density at radius 2 is 1.87 bits per heavy atom. The van der Waals surface area contributed by atoms with Crippen LogP contribution in [0.2, 0.25) is 0 Å². The van der Waals surface area contributed by atoms with Gasteiger partial charge in [-0.3, -0.25) is 14.8 Å². The van der Waals surface area contributed by atoms with Gasteiger partial charge in [0.05, 0.1) is 23.7 Å². The first-order chi connectivity index (χ1) is 18.6. The molecule has 1 spiro atoms. The van der Waals surface area contributed by atoms with Crippen molar-refractivity contribution in [1.29, 1.82) is 0 Å². The molecule has 1 aromatic heterocycles. The summed E-state index contributed by atoms with van der Waals surface area (Å²) in [5.74, 6) is 1.01. The standard InChI is InChI=1S/C32H32N4O2/c1-38-24-11-14-29-26(18-24)32(31(37)33-29)19-27(32)23-10-12-25-28(34-35-30(25)17-23)13-9-21-5-7-22(8-6-21)20-36-15-3-2-4-16-36/h5-14,17-18,27H,2-4,15-16,19-20H2,1H3,(H,33,37)(H,34,35)/b13-9+. The Labute approximate surface area is 222 Å². The predicted octanol–water partition coefficient (Wildman–Crippen LogP) is 6.11. The zero-order valence-corrected chi connectivity index (χ0v) is 21.7. The Morgan fingerprint density at radius 3 is 2.68 bits per heavy atom. The molecular formula is C32H32N4O2. The summed E-state index contributed by atoms with van der Waals surface area (Å²) in [5.41, 5.74) is 7.05. The molecule has 1 amide bonds. The fourth-order valence-electron chi connectivity index (χ4n) is 6.39. The third-order valence-electron chi connectivity index (χ3n) is 8.61. The highest BCUT2D eigenvalue weighted by Crippen LogP contribution is 2.65. The minimum atomic E-state index is -0.500. The Kier molecular flexibility index (Phi) is 5.59. The maximum Gasteiger partial charge on any atom is 0.235 e. The monoisotopic (exact) mass is 504 g/mol. The minimum absolute atomic E-state index is 0.0843. The number of rotatable bonds is 6. The molecule has 3 heterocycles. The van der Waals surface area contributed by atoms with Crippen molar-refractivity contribution < 1.29 is 9.53 Å². The van der Waals surface area contributed by atoms with E-state index in [0.717, 1.165) is 52.1 Å². The quantitative estimate of drug-likeness (QED) is 0.333. The van der Waals surface area contributed by atoms with Crippen LogP contribution in [0, 0.1) is 0 Å². The molecule has 38 heavy (non-hydrogen) atoms. The molecule has 3 aromatic carbocycles. The van der Waals surface area contributed by atoms with E-state index in [2.05, 4.69) is 75.0 Å². The van der Waals surface area contributed by atoms with Crippen LogP contribution in [0.4, 0.5) is 5.69 Å². The zero-order valence-electron chi connectivity index (χ0n) is 21.7. The molecule has 1 saturated heterocycles. The second-order valence-corrected chi connectivity index (χ2v) is 10.9. The molecule has 0 bridgehead atoms. The number of carbonyl (C=O) groups is 1. The number of aromatic nitrogens is 2. The molecular weight excluding hydrogens is 472 g/mol. The van der Waals surface area contributed by atoms with Crippen molar-refractivity contribution in [2.24, 2.45) is 0 Å². The molecule has 2 unspecified atom stereocenters. The van der Waals surface area contributed by atoms with Gasteiger partial charge in [0, 0.05) is 23.5 Å². The van der Waals surface area contributed by atoms with Gasteiger partial charge in [-0.2, -0.15) is 5.10 Å².